The van der Waals surface area contributed by atoms with Gasteiger partial charge in [0, 0.05) is 31.4 Å². The molecule has 136 valence electrons. The highest BCUT2D eigenvalue weighted by molar-refractivity contribution is 7.11. The molecule has 5 nitrogen and oxygen atoms in total. The SMILES string of the molecule is CN=C(NCCOC1CCCCCC1)NCCc1sc(C)nc1C. The Kier molecular flexibility index (Phi) is 8.53. The van der Waals surface area contributed by atoms with Gasteiger partial charge >= 0.3 is 0 Å². The summed E-state index contributed by atoms with van der Waals surface area (Å²) in [6.07, 6.45) is 9.26. The van der Waals surface area contributed by atoms with Crippen molar-refractivity contribution in [3.05, 3.63) is 15.6 Å². The van der Waals surface area contributed by atoms with Crippen LogP contribution in [-0.2, 0) is 11.2 Å². The van der Waals surface area contributed by atoms with E-state index in [1.165, 1.54) is 43.4 Å². The average molecular weight is 353 g/mol. The lowest BCUT2D eigenvalue weighted by molar-refractivity contribution is 0.0468. The molecule has 1 fully saturated rings. The fraction of sp³-hybridized carbons (Fsp3) is 0.778. The van der Waals surface area contributed by atoms with E-state index in [0.29, 0.717) is 6.10 Å². The molecular formula is C18H32N4OS. The highest BCUT2D eigenvalue weighted by atomic mass is 32.1. The molecule has 1 heterocycles. The van der Waals surface area contributed by atoms with Gasteiger partial charge in [-0.1, -0.05) is 25.7 Å². The van der Waals surface area contributed by atoms with Gasteiger partial charge in [-0.3, -0.25) is 4.99 Å². The number of hydrogen-bond donors (Lipinski definition) is 2. The molecule has 0 saturated heterocycles. The molecule has 24 heavy (non-hydrogen) atoms. The van der Waals surface area contributed by atoms with E-state index < -0.39 is 0 Å². The monoisotopic (exact) mass is 352 g/mol. The van der Waals surface area contributed by atoms with Crippen molar-refractivity contribution in [1.82, 2.24) is 15.6 Å². The molecule has 1 aliphatic carbocycles. The smallest absolute Gasteiger partial charge is 0.191 e. The first-order valence-electron chi connectivity index (χ1n) is 9.18. The number of ether oxygens (including phenoxy) is 1. The predicted octanol–water partition coefficient (Wildman–Crippen LogP) is 3.21. The zero-order chi connectivity index (χ0) is 17.2. The molecule has 0 radical (unpaired) electrons. The van der Waals surface area contributed by atoms with E-state index in [4.69, 9.17) is 4.74 Å². The number of guanidine groups is 1. The Morgan fingerprint density at radius 1 is 1.17 bits per heavy atom. The van der Waals surface area contributed by atoms with Gasteiger partial charge in [0.05, 0.1) is 23.4 Å². The van der Waals surface area contributed by atoms with Gasteiger partial charge in [-0.2, -0.15) is 0 Å². The van der Waals surface area contributed by atoms with Crippen LogP contribution in [-0.4, -0.2) is 43.8 Å². The number of aryl methyl sites for hydroxylation is 2. The molecule has 2 N–H and O–H groups in total. The zero-order valence-corrected chi connectivity index (χ0v) is 16.2. The fourth-order valence-electron chi connectivity index (χ4n) is 3.12. The lowest BCUT2D eigenvalue weighted by Crippen LogP contribution is -2.40. The molecule has 0 aromatic carbocycles. The van der Waals surface area contributed by atoms with Crippen LogP contribution in [0.25, 0.3) is 0 Å². The minimum atomic E-state index is 0.460. The number of thiazole rings is 1. The van der Waals surface area contributed by atoms with Gasteiger partial charge in [0.2, 0.25) is 0 Å². The fourth-order valence-corrected chi connectivity index (χ4v) is 4.06. The normalized spacial score (nSPS) is 16.9. The molecule has 0 amide bonds. The number of hydrogen-bond acceptors (Lipinski definition) is 4. The number of nitrogens with one attached hydrogen (secondary N) is 2. The van der Waals surface area contributed by atoms with E-state index in [9.17, 15) is 0 Å². The van der Waals surface area contributed by atoms with Crippen molar-refractivity contribution < 1.29 is 4.74 Å². The van der Waals surface area contributed by atoms with Crippen LogP contribution in [0.5, 0.6) is 0 Å². The first-order chi connectivity index (χ1) is 11.7. The van der Waals surface area contributed by atoms with Crippen molar-refractivity contribution in [3.63, 3.8) is 0 Å². The Labute approximate surface area is 150 Å². The summed E-state index contributed by atoms with van der Waals surface area (Å²) in [6.45, 7) is 6.55. The predicted molar refractivity (Wildman–Crippen MR) is 102 cm³/mol. The lowest BCUT2D eigenvalue weighted by Gasteiger charge is -2.16. The van der Waals surface area contributed by atoms with E-state index in [0.717, 1.165) is 42.8 Å². The van der Waals surface area contributed by atoms with Crippen LogP contribution in [0.1, 0.15) is 54.1 Å². The molecule has 1 aliphatic rings. The highest BCUT2D eigenvalue weighted by Crippen LogP contribution is 2.19. The maximum Gasteiger partial charge on any atom is 0.191 e. The van der Waals surface area contributed by atoms with Crippen molar-refractivity contribution in [2.75, 3.05) is 26.7 Å². The Morgan fingerprint density at radius 2 is 1.88 bits per heavy atom. The van der Waals surface area contributed by atoms with Crippen molar-refractivity contribution in [3.8, 4) is 0 Å². The van der Waals surface area contributed by atoms with Crippen molar-refractivity contribution >= 4 is 17.3 Å². The minimum Gasteiger partial charge on any atom is -0.376 e. The summed E-state index contributed by atoms with van der Waals surface area (Å²) in [5.74, 6) is 0.846. The standard InChI is InChI=1S/C18H32N4OS/c1-14-17(24-15(2)22-14)10-11-20-18(19-3)21-12-13-23-16-8-6-4-5-7-9-16/h16H,4-13H2,1-3H3,(H2,19,20,21). The second-order valence-electron chi connectivity index (χ2n) is 6.40. The topological polar surface area (TPSA) is 58.5 Å². The summed E-state index contributed by atoms with van der Waals surface area (Å²) < 4.78 is 6.00. The summed E-state index contributed by atoms with van der Waals surface area (Å²) in [7, 11) is 1.81. The quantitative estimate of drug-likeness (QED) is 0.342. The van der Waals surface area contributed by atoms with E-state index in [1.807, 2.05) is 7.05 Å². The summed E-state index contributed by atoms with van der Waals surface area (Å²) in [5, 5.41) is 7.84. The Bertz CT molecular complexity index is 507. The van der Waals surface area contributed by atoms with E-state index >= 15 is 0 Å². The van der Waals surface area contributed by atoms with Crippen LogP contribution in [0.2, 0.25) is 0 Å². The first kappa shape index (κ1) is 19.2. The summed E-state index contributed by atoms with van der Waals surface area (Å²) in [6, 6.07) is 0. The van der Waals surface area contributed by atoms with Crippen LogP contribution in [0.15, 0.2) is 4.99 Å². The molecule has 0 atom stereocenters. The van der Waals surface area contributed by atoms with Gasteiger partial charge in [0.15, 0.2) is 5.96 Å². The first-order valence-corrected chi connectivity index (χ1v) is 9.99. The van der Waals surface area contributed by atoms with Crippen molar-refractivity contribution in [2.24, 2.45) is 4.99 Å². The van der Waals surface area contributed by atoms with Crippen LogP contribution in [0.4, 0.5) is 0 Å². The van der Waals surface area contributed by atoms with Gasteiger partial charge in [0.1, 0.15) is 0 Å². The molecule has 0 spiro atoms. The Balaban J connectivity index is 1.59. The van der Waals surface area contributed by atoms with Crippen LogP contribution < -0.4 is 10.6 Å². The third kappa shape index (κ3) is 6.77. The molecule has 0 unspecified atom stereocenters. The second kappa shape index (κ2) is 10.7. The van der Waals surface area contributed by atoms with Gasteiger partial charge in [-0.05, 0) is 26.7 Å². The molecule has 0 aliphatic heterocycles. The average Bonchev–Trinajstić information content (AvgIpc) is 2.77. The molecule has 1 aromatic heterocycles. The van der Waals surface area contributed by atoms with Crippen LogP contribution in [0, 0.1) is 13.8 Å². The largest absolute Gasteiger partial charge is 0.376 e. The number of aromatic nitrogens is 1. The highest BCUT2D eigenvalue weighted by Gasteiger charge is 2.12. The van der Waals surface area contributed by atoms with Crippen LogP contribution in [0.3, 0.4) is 0 Å². The maximum atomic E-state index is 6.00. The van der Waals surface area contributed by atoms with Gasteiger partial charge in [-0.15, -0.1) is 11.3 Å². The molecule has 2 rings (SSSR count). The maximum absolute atomic E-state index is 6.00. The number of nitrogens with zero attached hydrogens (tertiary/aromatic N) is 2. The zero-order valence-electron chi connectivity index (χ0n) is 15.4. The van der Waals surface area contributed by atoms with Crippen molar-refractivity contribution in [2.45, 2.75) is 64.9 Å². The molecular weight excluding hydrogens is 320 g/mol. The summed E-state index contributed by atoms with van der Waals surface area (Å²) >= 11 is 1.78. The summed E-state index contributed by atoms with van der Waals surface area (Å²) in [4.78, 5) is 10.1. The molecule has 6 heteroatoms. The van der Waals surface area contributed by atoms with Gasteiger partial charge < -0.3 is 15.4 Å². The van der Waals surface area contributed by atoms with Crippen molar-refractivity contribution in [1.29, 1.82) is 0 Å². The van der Waals surface area contributed by atoms with Crippen LogP contribution >= 0.6 is 11.3 Å². The third-order valence-corrected chi connectivity index (χ3v) is 5.55. The van der Waals surface area contributed by atoms with Gasteiger partial charge in [0.25, 0.3) is 0 Å². The van der Waals surface area contributed by atoms with E-state index in [-0.39, 0.29) is 0 Å². The molecule has 1 aromatic rings. The Hall–Kier alpha value is -1.14. The van der Waals surface area contributed by atoms with E-state index in [2.05, 4.69) is 34.5 Å². The molecule has 1 saturated carbocycles. The van der Waals surface area contributed by atoms with E-state index in [1.54, 1.807) is 11.3 Å². The second-order valence-corrected chi connectivity index (χ2v) is 7.69. The third-order valence-electron chi connectivity index (χ3n) is 4.42. The summed E-state index contributed by atoms with van der Waals surface area (Å²) in [5.41, 5.74) is 1.15. The Morgan fingerprint density at radius 3 is 2.50 bits per heavy atom. The van der Waals surface area contributed by atoms with Gasteiger partial charge in [-0.25, -0.2) is 4.98 Å². The number of aliphatic imine (C=N–C) groups is 1. The molecule has 0 bridgehead atoms. The number of rotatable bonds is 7. The lowest BCUT2D eigenvalue weighted by atomic mass is 10.1. The minimum absolute atomic E-state index is 0.460.